The van der Waals surface area contributed by atoms with Crippen LogP contribution in [0, 0.1) is 6.92 Å². The molecule has 0 fully saturated rings. The smallest absolute Gasteiger partial charge is 0.258 e. The summed E-state index contributed by atoms with van der Waals surface area (Å²) in [5.74, 6) is 1.61. The first-order valence-electron chi connectivity index (χ1n) is 9.28. The predicted octanol–water partition coefficient (Wildman–Crippen LogP) is 4.83. The summed E-state index contributed by atoms with van der Waals surface area (Å²) >= 11 is 1.56. The maximum absolute atomic E-state index is 12.4. The highest BCUT2D eigenvalue weighted by molar-refractivity contribution is 7.98. The van der Waals surface area contributed by atoms with Gasteiger partial charge >= 0.3 is 0 Å². The van der Waals surface area contributed by atoms with Gasteiger partial charge in [-0.15, -0.1) is 0 Å². The van der Waals surface area contributed by atoms with Crippen molar-refractivity contribution in [2.24, 2.45) is 0 Å². The number of nitrogens with zero attached hydrogens (tertiary/aromatic N) is 3. The highest BCUT2D eigenvalue weighted by Gasteiger charge is 2.13. The fourth-order valence-electron chi connectivity index (χ4n) is 3.33. The van der Waals surface area contributed by atoms with Crippen LogP contribution in [0.2, 0.25) is 0 Å². The van der Waals surface area contributed by atoms with Gasteiger partial charge in [0.25, 0.3) is 5.56 Å². The summed E-state index contributed by atoms with van der Waals surface area (Å²) in [4.78, 5) is 24.5. The highest BCUT2D eigenvalue weighted by atomic mass is 32.2. The van der Waals surface area contributed by atoms with Crippen LogP contribution < -0.4 is 5.56 Å². The van der Waals surface area contributed by atoms with E-state index in [0.29, 0.717) is 22.9 Å². The molecule has 142 valence electrons. The van der Waals surface area contributed by atoms with Crippen LogP contribution in [0.25, 0.3) is 16.6 Å². The van der Waals surface area contributed by atoms with Crippen molar-refractivity contribution < 1.29 is 0 Å². The van der Waals surface area contributed by atoms with Gasteiger partial charge in [-0.1, -0.05) is 55.9 Å². The maximum atomic E-state index is 12.4. The van der Waals surface area contributed by atoms with Gasteiger partial charge in [-0.05, 0) is 36.1 Å². The molecule has 0 aliphatic carbocycles. The fraction of sp³-hybridized carbons (Fsp3) is 0.227. The largest absolute Gasteiger partial charge is 0.309 e. The summed E-state index contributed by atoms with van der Waals surface area (Å²) in [7, 11) is 0. The lowest BCUT2D eigenvalue weighted by Gasteiger charge is -2.15. The minimum atomic E-state index is -0.0993. The van der Waals surface area contributed by atoms with Crippen molar-refractivity contribution in [2.75, 3.05) is 0 Å². The van der Waals surface area contributed by atoms with E-state index in [-0.39, 0.29) is 5.56 Å². The zero-order valence-corrected chi connectivity index (χ0v) is 17.0. The molecule has 0 atom stereocenters. The van der Waals surface area contributed by atoms with Crippen LogP contribution in [0.15, 0.2) is 64.8 Å². The summed E-state index contributed by atoms with van der Waals surface area (Å²) < 4.78 is 2.10. The molecule has 2 aromatic carbocycles. The first kappa shape index (κ1) is 18.5. The zero-order chi connectivity index (χ0) is 19.7. The number of aryl methyl sites for hydroxylation is 1. The molecule has 5 nitrogen and oxygen atoms in total. The number of aromatic amines is 1. The molecule has 2 heterocycles. The number of H-pyrrole nitrogens is 1. The van der Waals surface area contributed by atoms with Crippen molar-refractivity contribution in [2.45, 2.75) is 37.6 Å². The molecule has 4 rings (SSSR count). The molecule has 0 spiro atoms. The predicted molar refractivity (Wildman–Crippen MR) is 114 cm³/mol. The summed E-state index contributed by atoms with van der Waals surface area (Å²) in [6.45, 7) is 6.35. The number of benzene rings is 2. The van der Waals surface area contributed by atoms with Crippen molar-refractivity contribution >= 4 is 22.7 Å². The minimum absolute atomic E-state index is 0.0993. The van der Waals surface area contributed by atoms with E-state index in [1.54, 1.807) is 24.0 Å². The van der Waals surface area contributed by atoms with Crippen LogP contribution in [0.1, 0.15) is 36.7 Å². The van der Waals surface area contributed by atoms with Gasteiger partial charge in [-0.3, -0.25) is 9.36 Å². The molecule has 0 saturated carbocycles. The molecule has 0 saturated heterocycles. The van der Waals surface area contributed by atoms with Gasteiger partial charge in [0.2, 0.25) is 0 Å². The van der Waals surface area contributed by atoms with Crippen molar-refractivity contribution in [1.82, 2.24) is 19.5 Å². The monoisotopic (exact) mass is 390 g/mol. The summed E-state index contributed by atoms with van der Waals surface area (Å²) in [5, 5.41) is 1.50. The summed E-state index contributed by atoms with van der Waals surface area (Å²) in [6.07, 6.45) is 3.78. The Kier molecular flexibility index (Phi) is 5.05. The number of fused-ring (bicyclic) bond motifs is 1. The Labute approximate surface area is 167 Å². The molecule has 0 amide bonds. The van der Waals surface area contributed by atoms with E-state index in [1.165, 1.54) is 5.56 Å². The van der Waals surface area contributed by atoms with E-state index < -0.39 is 0 Å². The first-order chi connectivity index (χ1) is 13.5. The molecule has 28 heavy (non-hydrogen) atoms. The third-order valence-electron chi connectivity index (χ3n) is 4.75. The fourth-order valence-corrected chi connectivity index (χ4v) is 4.16. The Morgan fingerprint density at radius 3 is 2.79 bits per heavy atom. The lowest BCUT2D eigenvalue weighted by atomic mass is 10.0. The normalized spacial score (nSPS) is 11.4. The Balaban J connectivity index is 1.65. The highest BCUT2D eigenvalue weighted by Crippen LogP contribution is 2.28. The second kappa shape index (κ2) is 7.64. The Hall–Kier alpha value is -2.86. The van der Waals surface area contributed by atoms with Crippen molar-refractivity contribution in [3.05, 3.63) is 82.2 Å². The lowest BCUT2D eigenvalue weighted by Crippen LogP contribution is -2.12. The van der Waals surface area contributed by atoms with Gasteiger partial charge in [0, 0.05) is 12.4 Å². The van der Waals surface area contributed by atoms with E-state index >= 15 is 0 Å². The number of thioether (sulfide) groups is 1. The molecule has 0 radical (unpaired) electrons. The lowest BCUT2D eigenvalue weighted by molar-refractivity contribution is 0.817. The van der Waals surface area contributed by atoms with E-state index in [9.17, 15) is 4.79 Å². The molecular formula is C22H22N4OS. The molecule has 4 aromatic rings. The van der Waals surface area contributed by atoms with Crippen LogP contribution in [0.3, 0.4) is 0 Å². The molecule has 0 bridgehead atoms. The number of nitrogens with one attached hydrogen (secondary N) is 1. The van der Waals surface area contributed by atoms with E-state index in [0.717, 1.165) is 21.9 Å². The number of rotatable bonds is 5. The van der Waals surface area contributed by atoms with E-state index in [2.05, 4.69) is 51.6 Å². The van der Waals surface area contributed by atoms with Crippen LogP contribution in [-0.2, 0) is 5.75 Å². The second-order valence-corrected chi connectivity index (χ2v) is 8.01. The third-order valence-corrected chi connectivity index (χ3v) is 5.73. The van der Waals surface area contributed by atoms with Gasteiger partial charge in [-0.25, -0.2) is 9.97 Å². The van der Waals surface area contributed by atoms with Crippen molar-refractivity contribution in [3.8, 4) is 5.69 Å². The third kappa shape index (κ3) is 3.47. The van der Waals surface area contributed by atoms with Gasteiger partial charge < -0.3 is 4.98 Å². The van der Waals surface area contributed by atoms with E-state index in [4.69, 9.17) is 0 Å². The molecule has 0 aliphatic heterocycles. The van der Waals surface area contributed by atoms with Gasteiger partial charge in [-0.2, -0.15) is 0 Å². The second-order valence-electron chi connectivity index (χ2n) is 7.07. The number of imidazole rings is 1. The Morgan fingerprint density at radius 2 is 1.96 bits per heavy atom. The van der Waals surface area contributed by atoms with Crippen molar-refractivity contribution in [3.63, 3.8) is 0 Å². The minimum Gasteiger partial charge on any atom is -0.309 e. The average molecular weight is 391 g/mol. The van der Waals surface area contributed by atoms with Gasteiger partial charge in [0.15, 0.2) is 5.16 Å². The molecular weight excluding hydrogens is 368 g/mol. The van der Waals surface area contributed by atoms with E-state index in [1.807, 2.05) is 31.3 Å². The van der Waals surface area contributed by atoms with Crippen LogP contribution in [-0.4, -0.2) is 19.5 Å². The van der Waals surface area contributed by atoms with Gasteiger partial charge in [0.1, 0.15) is 5.82 Å². The van der Waals surface area contributed by atoms with Crippen LogP contribution >= 0.6 is 11.8 Å². The van der Waals surface area contributed by atoms with Gasteiger partial charge in [0.05, 0.1) is 22.3 Å². The van der Waals surface area contributed by atoms with Crippen LogP contribution in [0.5, 0.6) is 0 Å². The Bertz CT molecular complexity index is 1190. The molecule has 0 unspecified atom stereocenters. The quantitative estimate of drug-likeness (QED) is 0.496. The zero-order valence-electron chi connectivity index (χ0n) is 16.1. The standard InChI is InChI=1S/C22H22N4OS/c1-14(2)16-8-4-5-10-18(16)26-12-11-23-22(26)28-13-19-24-20-15(3)7-6-9-17(20)21(27)25-19/h4-12,14H,13H2,1-3H3,(H,24,25,27). The average Bonchev–Trinajstić information content (AvgIpc) is 3.15. The molecule has 6 heteroatoms. The Morgan fingerprint density at radius 1 is 1.14 bits per heavy atom. The topological polar surface area (TPSA) is 63.6 Å². The molecule has 0 aliphatic rings. The van der Waals surface area contributed by atoms with Crippen molar-refractivity contribution in [1.29, 1.82) is 0 Å². The number of aromatic nitrogens is 4. The van der Waals surface area contributed by atoms with Crippen LogP contribution in [0.4, 0.5) is 0 Å². The first-order valence-corrected chi connectivity index (χ1v) is 10.3. The molecule has 2 aromatic heterocycles. The summed E-state index contributed by atoms with van der Waals surface area (Å²) in [5.41, 5.74) is 4.07. The molecule has 1 N–H and O–H groups in total. The number of para-hydroxylation sites is 2. The number of hydrogen-bond acceptors (Lipinski definition) is 4. The SMILES string of the molecule is Cc1cccc2c(=O)[nH]c(CSc3nccn3-c3ccccc3C(C)C)nc12. The summed E-state index contributed by atoms with van der Waals surface area (Å²) in [6, 6.07) is 14.0. The maximum Gasteiger partial charge on any atom is 0.258 e. The number of hydrogen-bond donors (Lipinski definition) is 1.